The monoisotopic (exact) mass is 503 g/mol. The number of halogens is 3. The van der Waals surface area contributed by atoms with Crippen molar-refractivity contribution < 1.29 is 22.8 Å². The Morgan fingerprint density at radius 1 is 0.973 bits per heavy atom. The molecular formula is C27H20F3N5O2. The van der Waals surface area contributed by atoms with Crippen LogP contribution >= 0.6 is 0 Å². The van der Waals surface area contributed by atoms with Gasteiger partial charge in [-0.25, -0.2) is 4.98 Å². The Morgan fingerprint density at radius 2 is 1.73 bits per heavy atom. The fourth-order valence-corrected chi connectivity index (χ4v) is 3.95. The number of anilines is 4. The number of benzene rings is 3. The van der Waals surface area contributed by atoms with Gasteiger partial charge in [-0.3, -0.25) is 9.59 Å². The van der Waals surface area contributed by atoms with Crippen LogP contribution in [-0.4, -0.2) is 21.8 Å². The molecule has 0 saturated heterocycles. The molecule has 4 aromatic rings. The number of hydrogen-bond donors (Lipinski definition) is 4. The number of nitrogens with zero attached hydrogens (tertiary/aromatic N) is 1. The summed E-state index contributed by atoms with van der Waals surface area (Å²) in [5, 5.41) is 8.69. The second-order valence-electron chi connectivity index (χ2n) is 8.42. The highest BCUT2D eigenvalue weighted by atomic mass is 19.4. The van der Waals surface area contributed by atoms with E-state index in [1.807, 2.05) is 19.1 Å². The number of fused-ring (bicyclic) bond motifs is 1. The topological polar surface area (TPSA) is 98.9 Å². The van der Waals surface area contributed by atoms with Gasteiger partial charge in [0.1, 0.15) is 0 Å². The van der Waals surface area contributed by atoms with Crippen molar-refractivity contribution in [3.63, 3.8) is 0 Å². The number of hydrogen-bond acceptors (Lipinski definition) is 4. The first-order chi connectivity index (χ1) is 17.7. The van der Waals surface area contributed by atoms with E-state index < -0.39 is 17.6 Å². The minimum atomic E-state index is -4.54. The van der Waals surface area contributed by atoms with Crippen molar-refractivity contribution in [1.82, 2.24) is 9.97 Å². The molecular weight excluding hydrogens is 483 g/mol. The summed E-state index contributed by atoms with van der Waals surface area (Å²) in [7, 11) is 0. The van der Waals surface area contributed by atoms with E-state index in [4.69, 9.17) is 0 Å². The summed E-state index contributed by atoms with van der Waals surface area (Å²) in [5.41, 5.74) is 4.18. The Bertz CT molecular complexity index is 1560. The third-order valence-electron chi connectivity index (χ3n) is 5.81. The SMILES string of the molecule is Cc1[nH]cnc1C=C1C(=O)Nc2cc(Nc3cccc(NC(=O)c4cccc(C(F)(F)F)c4)c3)ccc21. The van der Waals surface area contributed by atoms with Crippen LogP contribution in [0.3, 0.4) is 0 Å². The van der Waals surface area contributed by atoms with Crippen molar-refractivity contribution in [3.05, 3.63) is 101 Å². The Hall–Kier alpha value is -4.86. The van der Waals surface area contributed by atoms with Crippen LogP contribution < -0.4 is 16.0 Å². The van der Waals surface area contributed by atoms with E-state index in [2.05, 4.69) is 25.9 Å². The van der Waals surface area contributed by atoms with Crippen LogP contribution in [0.25, 0.3) is 11.6 Å². The molecule has 37 heavy (non-hydrogen) atoms. The molecule has 0 fully saturated rings. The second-order valence-corrected chi connectivity index (χ2v) is 8.42. The summed E-state index contributed by atoms with van der Waals surface area (Å²) in [6.07, 6.45) is -1.24. The number of rotatable bonds is 5. The van der Waals surface area contributed by atoms with Gasteiger partial charge in [0, 0.05) is 33.9 Å². The summed E-state index contributed by atoms with van der Waals surface area (Å²) >= 11 is 0. The molecule has 0 radical (unpaired) electrons. The van der Waals surface area contributed by atoms with E-state index >= 15 is 0 Å². The van der Waals surface area contributed by atoms with Crippen molar-refractivity contribution >= 4 is 46.2 Å². The Morgan fingerprint density at radius 3 is 2.49 bits per heavy atom. The van der Waals surface area contributed by atoms with Crippen molar-refractivity contribution in [1.29, 1.82) is 0 Å². The highest BCUT2D eigenvalue weighted by Crippen LogP contribution is 2.36. The zero-order valence-electron chi connectivity index (χ0n) is 19.4. The van der Waals surface area contributed by atoms with Gasteiger partial charge in [0.2, 0.25) is 0 Å². The quantitative estimate of drug-likeness (QED) is 0.243. The molecule has 0 bridgehead atoms. The number of aryl methyl sites for hydroxylation is 1. The first-order valence-corrected chi connectivity index (χ1v) is 11.2. The number of alkyl halides is 3. The van der Waals surface area contributed by atoms with Gasteiger partial charge < -0.3 is 20.9 Å². The molecule has 4 N–H and O–H groups in total. The standard InChI is InChI=1S/C27H20F3N5O2/c1-15-23(32-14-31-15)13-22-21-9-8-20(12-24(21)35-26(22)37)33-18-6-3-7-19(11-18)34-25(36)16-4-2-5-17(10-16)27(28,29)30/h2-14,33H,1H3,(H,31,32)(H,34,36)(H,35,37). The van der Waals surface area contributed by atoms with E-state index in [0.717, 1.165) is 23.4 Å². The Kier molecular flexibility index (Phi) is 6.00. The predicted octanol–water partition coefficient (Wildman–Crippen LogP) is 6.23. The number of aromatic amines is 1. The summed E-state index contributed by atoms with van der Waals surface area (Å²) in [6, 6.07) is 16.4. The molecule has 186 valence electrons. The molecule has 0 aliphatic carbocycles. The number of H-pyrrole nitrogens is 1. The molecule has 0 atom stereocenters. The van der Waals surface area contributed by atoms with Crippen LogP contribution in [0.15, 0.2) is 73.1 Å². The van der Waals surface area contributed by atoms with Crippen LogP contribution in [0.4, 0.5) is 35.9 Å². The molecule has 1 aliphatic heterocycles. The van der Waals surface area contributed by atoms with Gasteiger partial charge in [-0.15, -0.1) is 0 Å². The zero-order chi connectivity index (χ0) is 26.2. The van der Waals surface area contributed by atoms with Gasteiger partial charge in [0.25, 0.3) is 11.8 Å². The molecule has 2 amide bonds. The minimum Gasteiger partial charge on any atom is -0.355 e. The molecule has 5 rings (SSSR count). The smallest absolute Gasteiger partial charge is 0.355 e. The van der Waals surface area contributed by atoms with E-state index in [0.29, 0.717) is 34.0 Å². The van der Waals surface area contributed by atoms with E-state index in [9.17, 15) is 22.8 Å². The summed E-state index contributed by atoms with van der Waals surface area (Å²) in [5.74, 6) is -0.885. The van der Waals surface area contributed by atoms with Crippen molar-refractivity contribution in [2.75, 3.05) is 16.0 Å². The highest BCUT2D eigenvalue weighted by molar-refractivity contribution is 6.35. The van der Waals surface area contributed by atoms with Gasteiger partial charge in [0.05, 0.1) is 28.8 Å². The highest BCUT2D eigenvalue weighted by Gasteiger charge is 2.31. The lowest BCUT2D eigenvalue weighted by Crippen LogP contribution is -2.14. The maximum Gasteiger partial charge on any atom is 0.416 e. The summed E-state index contributed by atoms with van der Waals surface area (Å²) < 4.78 is 38.9. The largest absolute Gasteiger partial charge is 0.416 e. The van der Waals surface area contributed by atoms with Gasteiger partial charge in [-0.2, -0.15) is 13.2 Å². The molecule has 0 unspecified atom stereocenters. The number of nitrogens with one attached hydrogen (secondary N) is 4. The lowest BCUT2D eigenvalue weighted by Gasteiger charge is -2.12. The molecule has 10 heteroatoms. The van der Waals surface area contributed by atoms with Crippen LogP contribution in [0, 0.1) is 6.92 Å². The molecule has 3 aromatic carbocycles. The minimum absolute atomic E-state index is 0.101. The predicted molar refractivity (Wildman–Crippen MR) is 135 cm³/mol. The molecule has 0 saturated carbocycles. The maximum atomic E-state index is 13.0. The zero-order valence-corrected chi connectivity index (χ0v) is 19.4. The summed E-state index contributed by atoms with van der Waals surface area (Å²) in [6.45, 7) is 1.87. The number of aromatic nitrogens is 2. The normalized spacial score (nSPS) is 13.8. The maximum absolute atomic E-state index is 13.0. The lowest BCUT2D eigenvalue weighted by atomic mass is 10.0. The number of carbonyl (C=O) groups is 2. The number of imidazole rings is 1. The molecule has 0 spiro atoms. The van der Waals surface area contributed by atoms with E-state index in [1.54, 1.807) is 42.7 Å². The first-order valence-electron chi connectivity index (χ1n) is 11.2. The average molecular weight is 503 g/mol. The van der Waals surface area contributed by atoms with Crippen molar-refractivity contribution in [2.45, 2.75) is 13.1 Å². The van der Waals surface area contributed by atoms with Crippen LogP contribution in [0.5, 0.6) is 0 Å². The third kappa shape index (κ3) is 5.08. The van der Waals surface area contributed by atoms with Crippen molar-refractivity contribution in [3.8, 4) is 0 Å². The third-order valence-corrected chi connectivity index (χ3v) is 5.81. The second kappa shape index (κ2) is 9.30. The summed E-state index contributed by atoms with van der Waals surface area (Å²) in [4.78, 5) is 32.3. The van der Waals surface area contributed by atoms with Gasteiger partial charge in [0.15, 0.2) is 0 Å². The number of amides is 2. The Labute approximate surface area is 209 Å². The molecule has 1 aliphatic rings. The van der Waals surface area contributed by atoms with Crippen molar-refractivity contribution in [2.24, 2.45) is 0 Å². The van der Waals surface area contributed by atoms with Gasteiger partial charge >= 0.3 is 6.18 Å². The lowest BCUT2D eigenvalue weighted by molar-refractivity contribution is -0.137. The molecule has 7 nitrogen and oxygen atoms in total. The average Bonchev–Trinajstić information content (AvgIpc) is 3.40. The van der Waals surface area contributed by atoms with E-state index in [-0.39, 0.29) is 11.5 Å². The molecule has 2 heterocycles. The molecule has 1 aromatic heterocycles. The van der Waals surface area contributed by atoms with E-state index in [1.165, 1.54) is 12.1 Å². The fraction of sp³-hybridized carbons (Fsp3) is 0.0741. The van der Waals surface area contributed by atoms with Crippen LogP contribution in [-0.2, 0) is 11.0 Å². The Balaban J connectivity index is 1.32. The number of carbonyl (C=O) groups excluding carboxylic acids is 2. The van der Waals surface area contributed by atoms with Crippen LogP contribution in [0.2, 0.25) is 0 Å². The van der Waals surface area contributed by atoms with Gasteiger partial charge in [-0.05, 0) is 61.5 Å². The first kappa shape index (κ1) is 23.9. The fourth-order valence-electron chi connectivity index (χ4n) is 3.95. The van der Waals surface area contributed by atoms with Crippen LogP contribution in [0.1, 0.15) is 32.9 Å². The van der Waals surface area contributed by atoms with Gasteiger partial charge in [-0.1, -0.05) is 18.2 Å².